The molecule has 0 aromatic carbocycles. The Morgan fingerprint density at radius 3 is 2.52 bits per heavy atom. The minimum absolute atomic E-state index is 0.0318. The van der Waals surface area contributed by atoms with E-state index in [0.717, 1.165) is 30.3 Å². The summed E-state index contributed by atoms with van der Waals surface area (Å²) < 4.78 is 4.30. The molecule has 0 bridgehead atoms. The van der Waals surface area contributed by atoms with Crippen LogP contribution in [0.25, 0.3) is 11.2 Å². The fraction of sp³-hybridized carbons (Fsp3) is 0.667. The maximum atomic E-state index is 12.5. The average Bonchev–Trinajstić information content (AvgIpc) is 2.91. The summed E-state index contributed by atoms with van der Waals surface area (Å²) >= 11 is 0. The standard InChI is InChI=1S/C15H25N5O3/c1-4-5-6-7-9-20-11-12(17-14(20)16-8-10-21)18(2)15(23)19(3)13(11)22/h21H,4-10H2,1-3H3,(H,16,17). The lowest BCUT2D eigenvalue weighted by Crippen LogP contribution is -2.37. The molecule has 128 valence electrons. The van der Waals surface area contributed by atoms with Crippen molar-refractivity contribution in [1.82, 2.24) is 18.7 Å². The Bertz CT molecular complexity index is 787. The maximum Gasteiger partial charge on any atom is 0.332 e. The number of fused-ring (bicyclic) bond motifs is 1. The molecule has 2 rings (SSSR count). The van der Waals surface area contributed by atoms with Crippen LogP contribution in [0.15, 0.2) is 9.59 Å². The molecule has 0 saturated carbocycles. The number of nitrogens with one attached hydrogen (secondary N) is 1. The number of anilines is 1. The SMILES string of the molecule is CCCCCCn1c(NCCO)nc2c1c(=O)n(C)c(=O)n2C. The van der Waals surface area contributed by atoms with Crippen molar-refractivity contribution in [3.8, 4) is 0 Å². The molecule has 0 radical (unpaired) electrons. The number of aliphatic hydroxyl groups is 1. The van der Waals surface area contributed by atoms with Crippen LogP contribution in [0.5, 0.6) is 0 Å². The Morgan fingerprint density at radius 1 is 1.13 bits per heavy atom. The molecular weight excluding hydrogens is 298 g/mol. The Morgan fingerprint density at radius 2 is 1.87 bits per heavy atom. The summed E-state index contributed by atoms with van der Waals surface area (Å²) in [6.45, 7) is 3.10. The Balaban J connectivity index is 2.54. The summed E-state index contributed by atoms with van der Waals surface area (Å²) in [5, 5.41) is 12.0. The zero-order chi connectivity index (χ0) is 17.0. The van der Waals surface area contributed by atoms with Crippen LogP contribution < -0.4 is 16.6 Å². The molecule has 2 aromatic rings. The quantitative estimate of drug-likeness (QED) is 0.687. The minimum atomic E-state index is -0.396. The molecular formula is C15H25N5O3. The fourth-order valence-corrected chi connectivity index (χ4v) is 2.66. The van der Waals surface area contributed by atoms with Crippen molar-refractivity contribution >= 4 is 17.1 Å². The highest BCUT2D eigenvalue weighted by atomic mass is 16.3. The van der Waals surface area contributed by atoms with Gasteiger partial charge < -0.3 is 15.0 Å². The first-order valence-electron chi connectivity index (χ1n) is 8.03. The van der Waals surface area contributed by atoms with Crippen molar-refractivity contribution in [3.63, 3.8) is 0 Å². The van der Waals surface area contributed by atoms with E-state index in [1.165, 1.54) is 11.6 Å². The van der Waals surface area contributed by atoms with Crippen LogP contribution in [0.3, 0.4) is 0 Å². The highest BCUT2D eigenvalue weighted by Crippen LogP contribution is 2.17. The third kappa shape index (κ3) is 3.31. The van der Waals surface area contributed by atoms with Crippen LogP contribution in [-0.2, 0) is 20.6 Å². The summed E-state index contributed by atoms with van der Waals surface area (Å²) in [4.78, 5) is 29.0. The molecule has 0 aliphatic carbocycles. The van der Waals surface area contributed by atoms with Crippen molar-refractivity contribution in [3.05, 3.63) is 20.8 Å². The van der Waals surface area contributed by atoms with Crippen LogP contribution >= 0.6 is 0 Å². The zero-order valence-corrected chi connectivity index (χ0v) is 14.0. The lowest BCUT2D eigenvalue weighted by atomic mass is 10.2. The number of nitrogens with zero attached hydrogens (tertiary/aromatic N) is 4. The van der Waals surface area contributed by atoms with Gasteiger partial charge in [0, 0.05) is 27.2 Å². The number of aromatic nitrogens is 4. The van der Waals surface area contributed by atoms with E-state index in [2.05, 4.69) is 17.2 Å². The van der Waals surface area contributed by atoms with Crippen molar-refractivity contribution in [1.29, 1.82) is 0 Å². The van der Waals surface area contributed by atoms with Gasteiger partial charge >= 0.3 is 5.69 Å². The second-order valence-electron chi connectivity index (χ2n) is 5.68. The molecule has 2 heterocycles. The lowest BCUT2D eigenvalue weighted by Gasteiger charge is -2.10. The molecule has 0 unspecified atom stereocenters. The van der Waals surface area contributed by atoms with Crippen LogP contribution in [0.4, 0.5) is 5.95 Å². The molecule has 0 fully saturated rings. The van der Waals surface area contributed by atoms with E-state index in [-0.39, 0.29) is 12.2 Å². The number of unbranched alkanes of at least 4 members (excludes halogenated alkanes) is 3. The van der Waals surface area contributed by atoms with Gasteiger partial charge in [-0.1, -0.05) is 26.2 Å². The molecule has 0 spiro atoms. The number of imidazole rings is 1. The normalized spacial score (nSPS) is 11.3. The van der Waals surface area contributed by atoms with Gasteiger partial charge in [0.25, 0.3) is 5.56 Å². The molecule has 8 heteroatoms. The van der Waals surface area contributed by atoms with Gasteiger partial charge in [-0.25, -0.2) is 4.79 Å². The number of hydrogen-bond donors (Lipinski definition) is 2. The third-order valence-electron chi connectivity index (χ3n) is 3.98. The van der Waals surface area contributed by atoms with Gasteiger partial charge in [-0.3, -0.25) is 13.9 Å². The average molecular weight is 323 g/mol. The summed E-state index contributed by atoms with van der Waals surface area (Å²) in [7, 11) is 3.08. The summed E-state index contributed by atoms with van der Waals surface area (Å²) in [6.07, 6.45) is 4.28. The van der Waals surface area contributed by atoms with Crippen molar-refractivity contribution in [2.45, 2.75) is 39.2 Å². The largest absolute Gasteiger partial charge is 0.395 e. The van der Waals surface area contributed by atoms with Gasteiger partial charge in [0.2, 0.25) is 5.95 Å². The van der Waals surface area contributed by atoms with Crippen LogP contribution in [0.1, 0.15) is 32.6 Å². The molecule has 2 N–H and O–H groups in total. The molecule has 0 atom stereocenters. The molecule has 0 saturated heterocycles. The van der Waals surface area contributed by atoms with Crippen LogP contribution in [0, 0.1) is 0 Å². The number of rotatable bonds is 8. The predicted molar refractivity (Wildman–Crippen MR) is 89.9 cm³/mol. The smallest absolute Gasteiger partial charge is 0.332 e. The Hall–Kier alpha value is -2.09. The van der Waals surface area contributed by atoms with E-state index >= 15 is 0 Å². The summed E-state index contributed by atoms with van der Waals surface area (Å²) in [5.74, 6) is 0.517. The van der Waals surface area contributed by atoms with Gasteiger partial charge in [0.05, 0.1) is 6.61 Å². The van der Waals surface area contributed by atoms with Gasteiger partial charge in [-0.2, -0.15) is 4.98 Å². The fourth-order valence-electron chi connectivity index (χ4n) is 2.66. The van der Waals surface area contributed by atoms with E-state index in [0.29, 0.717) is 30.2 Å². The first-order valence-corrected chi connectivity index (χ1v) is 8.03. The summed E-state index contributed by atoms with van der Waals surface area (Å²) in [6, 6.07) is 0. The predicted octanol–water partition coefficient (Wildman–Crippen LogP) is 0.418. The molecule has 2 aromatic heterocycles. The van der Waals surface area contributed by atoms with E-state index in [9.17, 15) is 9.59 Å². The summed E-state index contributed by atoms with van der Waals surface area (Å²) in [5.41, 5.74) is 0.0514. The lowest BCUT2D eigenvalue weighted by molar-refractivity contribution is 0.310. The first kappa shape index (κ1) is 17.3. The molecule has 0 aliphatic heterocycles. The van der Waals surface area contributed by atoms with Crippen molar-refractivity contribution in [2.75, 3.05) is 18.5 Å². The number of aliphatic hydroxyl groups excluding tert-OH is 1. The van der Waals surface area contributed by atoms with E-state index in [1.807, 2.05) is 4.57 Å². The molecule has 8 nitrogen and oxygen atoms in total. The number of aryl methyl sites for hydroxylation is 2. The van der Waals surface area contributed by atoms with Crippen LogP contribution in [-0.4, -0.2) is 36.9 Å². The third-order valence-corrected chi connectivity index (χ3v) is 3.98. The van der Waals surface area contributed by atoms with Crippen LogP contribution in [0.2, 0.25) is 0 Å². The van der Waals surface area contributed by atoms with E-state index in [4.69, 9.17) is 5.11 Å². The second-order valence-corrected chi connectivity index (χ2v) is 5.68. The van der Waals surface area contributed by atoms with Crippen molar-refractivity contribution < 1.29 is 5.11 Å². The number of hydrogen-bond acceptors (Lipinski definition) is 5. The van der Waals surface area contributed by atoms with E-state index < -0.39 is 5.69 Å². The first-order chi connectivity index (χ1) is 11.0. The second kappa shape index (κ2) is 7.45. The molecule has 0 amide bonds. The van der Waals surface area contributed by atoms with Gasteiger partial charge in [0.1, 0.15) is 0 Å². The monoisotopic (exact) mass is 323 g/mol. The highest BCUT2D eigenvalue weighted by molar-refractivity contribution is 5.74. The molecule has 0 aliphatic rings. The van der Waals surface area contributed by atoms with E-state index in [1.54, 1.807) is 7.05 Å². The Labute approximate surface area is 134 Å². The topological polar surface area (TPSA) is 94.1 Å². The van der Waals surface area contributed by atoms with Gasteiger partial charge in [-0.05, 0) is 6.42 Å². The highest BCUT2D eigenvalue weighted by Gasteiger charge is 2.18. The molecule has 23 heavy (non-hydrogen) atoms. The van der Waals surface area contributed by atoms with Gasteiger partial charge in [0.15, 0.2) is 11.2 Å². The zero-order valence-electron chi connectivity index (χ0n) is 14.0. The maximum absolute atomic E-state index is 12.5. The van der Waals surface area contributed by atoms with Crippen molar-refractivity contribution in [2.24, 2.45) is 14.1 Å². The Kier molecular flexibility index (Phi) is 5.59. The van der Waals surface area contributed by atoms with Gasteiger partial charge in [-0.15, -0.1) is 0 Å². The minimum Gasteiger partial charge on any atom is -0.395 e.